The van der Waals surface area contributed by atoms with Crippen LogP contribution >= 0.6 is 35.4 Å². The Morgan fingerprint density at radius 3 is 2.57 bits per heavy atom. The maximum absolute atomic E-state index is 12.4. The van der Waals surface area contributed by atoms with E-state index in [9.17, 15) is 8.42 Å². The molecule has 2 rings (SSSR count). The fraction of sp³-hybridized carbons (Fsp3) is 0.0909. The topological polar surface area (TPSA) is 90.0 Å². The second kappa shape index (κ2) is 5.80. The van der Waals surface area contributed by atoms with Crippen LogP contribution in [0.25, 0.3) is 0 Å². The molecule has 0 atom stereocenters. The summed E-state index contributed by atoms with van der Waals surface area (Å²) in [7, 11) is -2.48. The zero-order valence-electron chi connectivity index (χ0n) is 10.7. The Morgan fingerprint density at radius 2 is 2.05 bits per heavy atom. The Balaban J connectivity index is 2.46. The number of nitrogens with zero attached hydrogens (tertiary/aromatic N) is 2. The van der Waals surface area contributed by atoms with E-state index in [1.54, 1.807) is 6.07 Å². The molecule has 0 saturated carbocycles. The third kappa shape index (κ3) is 3.29. The van der Waals surface area contributed by atoms with Crippen molar-refractivity contribution in [1.29, 1.82) is 0 Å². The summed E-state index contributed by atoms with van der Waals surface area (Å²) in [6.45, 7) is 0. The summed E-state index contributed by atoms with van der Waals surface area (Å²) < 4.78 is 28.2. The molecule has 21 heavy (non-hydrogen) atoms. The first-order valence-corrected chi connectivity index (χ1v) is 8.17. The van der Waals surface area contributed by atoms with Gasteiger partial charge in [0.25, 0.3) is 10.0 Å². The fourth-order valence-corrected chi connectivity index (χ4v) is 3.73. The van der Waals surface area contributed by atoms with Gasteiger partial charge in [-0.3, -0.25) is 9.40 Å². The van der Waals surface area contributed by atoms with Gasteiger partial charge in [0.2, 0.25) is 0 Å². The van der Waals surface area contributed by atoms with Crippen LogP contribution in [0.1, 0.15) is 5.56 Å². The van der Waals surface area contributed by atoms with Crippen molar-refractivity contribution in [2.75, 3.05) is 4.72 Å². The Bertz CT molecular complexity index is 798. The van der Waals surface area contributed by atoms with Crippen molar-refractivity contribution in [3.63, 3.8) is 0 Å². The van der Waals surface area contributed by atoms with E-state index in [-0.39, 0.29) is 25.7 Å². The molecule has 0 aliphatic carbocycles. The molecule has 10 heteroatoms. The molecule has 6 nitrogen and oxygen atoms in total. The van der Waals surface area contributed by atoms with Crippen LogP contribution in [0.2, 0.25) is 10.0 Å². The highest BCUT2D eigenvalue weighted by atomic mass is 35.5. The van der Waals surface area contributed by atoms with E-state index in [1.165, 1.54) is 25.4 Å². The van der Waals surface area contributed by atoms with Crippen LogP contribution < -0.4 is 10.5 Å². The fourth-order valence-electron chi connectivity index (χ4n) is 1.65. The average Bonchev–Trinajstić information content (AvgIpc) is 2.71. The van der Waals surface area contributed by atoms with Crippen LogP contribution in [0, 0.1) is 0 Å². The lowest BCUT2D eigenvalue weighted by Crippen LogP contribution is -2.18. The third-order valence-corrected chi connectivity index (χ3v) is 5.03. The number of thiocarbonyl (C=S) groups is 1. The quantitative estimate of drug-likeness (QED) is 0.811. The van der Waals surface area contributed by atoms with Gasteiger partial charge in [-0.25, -0.2) is 0 Å². The Hall–Kier alpha value is -1.35. The largest absolute Gasteiger partial charge is 0.389 e. The smallest absolute Gasteiger partial charge is 0.280 e. The van der Waals surface area contributed by atoms with Gasteiger partial charge < -0.3 is 5.73 Å². The number of aromatic nitrogens is 2. The molecule has 0 saturated heterocycles. The lowest BCUT2D eigenvalue weighted by atomic mass is 10.2. The van der Waals surface area contributed by atoms with E-state index in [0.717, 1.165) is 4.68 Å². The molecule has 112 valence electrons. The molecule has 0 spiro atoms. The van der Waals surface area contributed by atoms with E-state index in [4.69, 9.17) is 41.2 Å². The predicted molar refractivity (Wildman–Crippen MR) is 86.4 cm³/mol. The zero-order valence-corrected chi connectivity index (χ0v) is 13.8. The van der Waals surface area contributed by atoms with Gasteiger partial charge >= 0.3 is 0 Å². The molecule has 2 aromatic rings. The number of aryl methyl sites for hydroxylation is 1. The second-order valence-corrected chi connectivity index (χ2v) is 6.94. The van der Waals surface area contributed by atoms with Crippen LogP contribution in [0.15, 0.2) is 29.4 Å². The van der Waals surface area contributed by atoms with E-state index in [2.05, 4.69) is 9.82 Å². The summed E-state index contributed by atoms with van der Waals surface area (Å²) >= 11 is 16.7. The van der Waals surface area contributed by atoms with Crippen LogP contribution in [0.4, 0.5) is 5.69 Å². The predicted octanol–water partition coefficient (Wildman–Crippen LogP) is 2.16. The molecule has 0 unspecified atom stereocenters. The van der Waals surface area contributed by atoms with Gasteiger partial charge in [0.15, 0.2) is 5.03 Å². The standard InChI is InChI=1S/C11H10Cl2N4O2S2/c1-17-11(8(13)5-15-17)21(18,19)16-9-4-6(10(14)20)2-3-7(9)12/h2-5,16H,1H3,(H2,14,20). The molecular formula is C11H10Cl2N4O2S2. The number of rotatable bonds is 4. The number of sulfonamides is 1. The molecule has 1 aromatic heterocycles. The van der Waals surface area contributed by atoms with Crippen molar-refractivity contribution >= 4 is 56.1 Å². The van der Waals surface area contributed by atoms with Gasteiger partial charge in [-0.15, -0.1) is 0 Å². The van der Waals surface area contributed by atoms with Gasteiger partial charge in [0.05, 0.1) is 21.9 Å². The molecule has 1 heterocycles. The van der Waals surface area contributed by atoms with E-state index in [1.807, 2.05) is 0 Å². The summed E-state index contributed by atoms with van der Waals surface area (Å²) in [5.74, 6) is 0. The molecule has 0 radical (unpaired) electrons. The second-order valence-electron chi connectivity index (χ2n) is 4.09. The molecule has 1 aromatic carbocycles. The van der Waals surface area contributed by atoms with E-state index < -0.39 is 10.0 Å². The number of hydrogen-bond acceptors (Lipinski definition) is 4. The van der Waals surface area contributed by atoms with Gasteiger partial charge in [-0.1, -0.05) is 41.5 Å². The van der Waals surface area contributed by atoms with Crippen molar-refractivity contribution in [2.24, 2.45) is 12.8 Å². The van der Waals surface area contributed by atoms with Gasteiger partial charge in [0.1, 0.15) is 4.99 Å². The minimum absolute atomic E-state index is 0.00613. The Morgan fingerprint density at radius 1 is 1.38 bits per heavy atom. The Labute approximate surface area is 136 Å². The monoisotopic (exact) mass is 364 g/mol. The summed E-state index contributed by atoms with van der Waals surface area (Å²) in [5.41, 5.74) is 6.16. The highest BCUT2D eigenvalue weighted by molar-refractivity contribution is 7.92. The van der Waals surface area contributed by atoms with Crippen molar-refractivity contribution in [1.82, 2.24) is 9.78 Å². The first kappa shape index (κ1) is 16.0. The molecule has 0 amide bonds. The lowest BCUT2D eigenvalue weighted by molar-refractivity contribution is 0.582. The zero-order chi connectivity index (χ0) is 15.8. The van der Waals surface area contributed by atoms with Crippen LogP contribution in [0.3, 0.4) is 0 Å². The number of hydrogen-bond donors (Lipinski definition) is 2. The van der Waals surface area contributed by atoms with Crippen LogP contribution in [-0.4, -0.2) is 23.2 Å². The Kier molecular flexibility index (Phi) is 4.43. The van der Waals surface area contributed by atoms with Crippen molar-refractivity contribution < 1.29 is 8.42 Å². The summed E-state index contributed by atoms with van der Waals surface area (Å²) in [6.07, 6.45) is 1.24. The number of halogens is 2. The van der Waals surface area contributed by atoms with Gasteiger partial charge in [-0.05, 0) is 12.1 Å². The number of nitrogens with one attached hydrogen (secondary N) is 1. The van der Waals surface area contributed by atoms with Crippen molar-refractivity contribution in [3.8, 4) is 0 Å². The summed E-state index contributed by atoms with van der Waals surface area (Å²) in [4.78, 5) is 0.130. The number of anilines is 1. The molecular weight excluding hydrogens is 355 g/mol. The number of nitrogens with two attached hydrogens (primary N) is 1. The van der Waals surface area contributed by atoms with Crippen LogP contribution in [0.5, 0.6) is 0 Å². The first-order chi connectivity index (χ1) is 9.72. The van der Waals surface area contributed by atoms with Crippen molar-refractivity contribution in [2.45, 2.75) is 5.03 Å². The molecule has 0 aliphatic heterocycles. The maximum Gasteiger partial charge on any atom is 0.280 e. The molecule has 3 N–H and O–H groups in total. The first-order valence-electron chi connectivity index (χ1n) is 5.52. The maximum atomic E-state index is 12.4. The average molecular weight is 365 g/mol. The molecule has 0 fully saturated rings. The SMILES string of the molecule is Cn1ncc(Cl)c1S(=O)(=O)Nc1cc(C(N)=S)ccc1Cl. The highest BCUT2D eigenvalue weighted by Crippen LogP contribution is 2.28. The summed E-state index contributed by atoms with van der Waals surface area (Å²) in [6, 6.07) is 4.55. The van der Waals surface area contributed by atoms with E-state index in [0.29, 0.717) is 5.56 Å². The van der Waals surface area contributed by atoms with Gasteiger partial charge in [-0.2, -0.15) is 13.5 Å². The van der Waals surface area contributed by atoms with Crippen LogP contribution in [-0.2, 0) is 17.1 Å². The summed E-state index contributed by atoms with van der Waals surface area (Å²) in [5, 5.41) is 3.83. The molecule has 0 aliphatic rings. The van der Waals surface area contributed by atoms with Crippen molar-refractivity contribution in [3.05, 3.63) is 40.0 Å². The van der Waals surface area contributed by atoms with E-state index >= 15 is 0 Å². The lowest BCUT2D eigenvalue weighted by Gasteiger charge is -2.11. The normalized spacial score (nSPS) is 11.4. The minimum Gasteiger partial charge on any atom is -0.389 e. The van der Waals surface area contributed by atoms with Gasteiger partial charge in [0, 0.05) is 12.6 Å². The minimum atomic E-state index is -3.95. The third-order valence-electron chi connectivity index (χ3n) is 2.59. The number of benzene rings is 1. The molecule has 0 bridgehead atoms. The highest BCUT2D eigenvalue weighted by Gasteiger charge is 2.23.